The van der Waals surface area contributed by atoms with Gasteiger partial charge >= 0.3 is 0 Å². The van der Waals surface area contributed by atoms with Crippen molar-refractivity contribution < 1.29 is 5.11 Å². The minimum Gasteiger partial charge on any atom is -0.396 e. The van der Waals surface area contributed by atoms with Crippen LogP contribution in [-0.4, -0.2) is 50.3 Å². The molecule has 0 aliphatic carbocycles. The molecule has 0 aliphatic rings. The van der Waals surface area contributed by atoms with Crippen molar-refractivity contribution in [3.05, 3.63) is 0 Å². The molecule has 0 aliphatic heterocycles. The molecule has 0 aromatic rings. The van der Waals surface area contributed by atoms with Crippen molar-refractivity contribution in [2.45, 2.75) is 38.5 Å². The smallest absolute Gasteiger partial charge is 0.0431 e. The number of nitrogens with zero attached hydrogens (tertiary/aromatic N) is 1. The van der Waals surface area contributed by atoms with E-state index in [1.54, 1.807) is 0 Å². The van der Waals surface area contributed by atoms with Gasteiger partial charge < -0.3 is 15.3 Å². The van der Waals surface area contributed by atoms with Gasteiger partial charge in [-0.25, -0.2) is 0 Å². The Morgan fingerprint density at radius 3 is 2.13 bits per heavy atom. The second-order valence-corrected chi connectivity index (χ2v) is 4.25. The maximum atomic E-state index is 8.65. The van der Waals surface area contributed by atoms with Crippen molar-refractivity contribution in [1.82, 2.24) is 10.2 Å². The second kappa shape index (κ2) is 12.0. The summed E-state index contributed by atoms with van der Waals surface area (Å²) in [5, 5.41) is 11.8. The zero-order valence-electron chi connectivity index (χ0n) is 10.5. The predicted octanol–water partition coefficient (Wildman–Crippen LogP) is 1.47. The molecule has 0 heterocycles. The lowest BCUT2D eigenvalue weighted by molar-refractivity contribution is 0.261. The Balaban J connectivity index is 3.06. The minimum atomic E-state index is 0.331. The summed E-state index contributed by atoms with van der Waals surface area (Å²) in [5.41, 5.74) is 0. The number of unbranched alkanes of at least 4 members (excludes halogenated alkanes) is 4. The summed E-state index contributed by atoms with van der Waals surface area (Å²) in [6, 6.07) is 0. The second-order valence-electron chi connectivity index (χ2n) is 4.25. The Hall–Kier alpha value is -0.120. The normalized spacial score (nSPS) is 11.2. The molecule has 0 saturated carbocycles. The zero-order valence-corrected chi connectivity index (χ0v) is 10.5. The van der Waals surface area contributed by atoms with Gasteiger partial charge in [-0.1, -0.05) is 12.8 Å². The van der Waals surface area contributed by atoms with Crippen LogP contribution < -0.4 is 5.32 Å². The van der Waals surface area contributed by atoms with Crippen LogP contribution in [0.4, 0.5) is 0 Å². The number of aliphatic hydroxyl groups is 1. The first-order chi connectivity index (χ1) is 7.31. The molecule has 0 radical (unpaired) electrons. The Kier molecular flexibility index (Phi) is 11.9. The fourth-order valence-electron chi connectivity index (χ4n) is 1.64. The molecule has 92 valence electrons. The highest BCUT2D eigenvalue weighted by Gasteiger charge is 1.97. The molecule has 0 aromatic heterocycles. The van der Waals surface area contributed by atoms with Gasteiger partial charge in [0, 0.05) is 6.61 Å². The molecule has 0 rings (SSSR count). The molecule has 3 heteroatoms. The van der Waals surface area contributed by atoms with Crippen molar-refractivity contribution in [2.24, 2.45) is 0 Å². The molecular formula is C12H28N2O. The van der Waals surface area contributed by atoms with Crippen LogP contribution in [0, 0.1) is 0 Å². The van der Waals surface area contributed by atoms with E-state index in [0.717, 1.165) is 25.9 Å². The van der Waals surface area contributed by atoms with E-state index >= 15 is 0 Å². The molecular weight excluding hydrogens is 188 g/mol. The molecule has 0 amide bonds. The summed E-state index contributed by atoms with van der Waals surface area (Å²) in [7, 11) is 4.18. The van der Waals surface area contributed by atoms with Gasteiger partial charge in [-0.15, -0.1) is 0 Å². The van der Waals surface area contributed by atoms with Crippen LogP contribution in [0.3, 0.4) is 0 Å². The zero-order chi connectivity index (χ0) is 11.4. The molecule has 0 fully saturated rings. The third-order valence-electron chi connectivity index (χ3n) is 2.66. The van der Waals surface area contributed by atoms with E-state index in [1.165, 1.54) is 32.2 Å². The van der Waals surface area contributed by atoms with Gasteiger partial charge in [0.05, 0.1) is 0 Å². The van der Waals surface area contributed by atoms with Crippen LogP contribution >= 0.6 is 0 Å². The van der Waals surface area contributed by atoms with Crippen LogP contribution in [0.2, 0.25) is 0 Å². The highest BCUT2D eigenvalue weighted by molar-refractivity contribution is 4.53. The third kappa shape index (κ3) is 11.8. The molecule has 0 spiro atoms. The van der Waals surface area contributed by atoms with Gasteiger partial charge in [-0.2, -0.15) is 0 Å². The first-order valence-electron chi connectivity index (χ1n) is 6.25. The van der Waals surface area contributed by atoms with Crippen LogP contribution in [0.5, 0.6) is 0 Å². The largest absolute Gasteiger partial charge is 0.396 e. The van der Waals surface area contributed by atoms with E-state index < -0.39 is 0 Å². The molecule has 3 nitrogen and oxygen atoms in total. The van der Waals surface area contributed by atoms with Crippen LogP contribution in [0.15, 0.2) is 0 Å². The third-order valence-corrected chi connectivity index (χ3v) is 2.66. The van der Waals surface area contributed by atoms with Crippen molar-refractivity contribution in [3.8, 4) is 0 Å². The maximum absolute atomic E-state index is 8.65. The standard InChI is InChI=1S/C12H28N2O/c1-13-9-5-3-4-6-10-14(2)11-7-8-12-15/h13,15H,3-12H2,1-2H3. The molecule has 0 atom stereocenters. The first-order valence-corrected chi connectivity index (χ1v) is 6.25. The van der Waals surface area contributed by atoms with Gasteiger partial charge in [0.1, 0.15) is 0 Å². The lowest BCUT2D eigenvalue weighted by Crippen LogP contribution is -2.21. The molecule has 0 bridgehead atoms. The van der Waals surface area contributed by atoms with Gasteiger partial charge in [0.15, 0.2) is 0 Å². The molecule has 15 heavy (non-hydrogen) atoms. The number of hydrogen-bond acceptors (Lipinski definition) is 3. The predicted molar refractivity (Wildman–Crippen MR) is 66.2 cm³/mol. The maximum Gasteiger partial charge on any atom is 0.0431 e. The van der Waals surface area contributed by atoms with Gasteiger partial charge in [-0.3, -0.25) is 0 Å². The number of rotatable bonds is 11. The Morgan fingerprint density at radius 1 is 0.933 bits per heavy atom. The van der Waals surface area contributed by atoms with Gasteiger partial charge in [0.2, 0.25) is 0 Å². The van der Waals surface area contributed by atoms with Crippen molar-refractivity contribution >= 4 is 0 Å². The monoisotopic (exact) mass is 216 g/mol. The highest BCUT2D eigenvalue weighted by atomic mass is 16.2. The summed E-state index contributed by atoms with van der Waals surface area (Å²) in [6.07, 6.45) is 7.33. The molecule has 0 unspecified atom stereocenters. The van der Waals surface area contributed by atoms with Gasteiger partial charge in [0.25, 0.3) is 0 Å². The van der Waals surface area contributed by atoms with Gasteiger partial charge in [-0.05, 0) is 59.4 Å². The van der Waals surface area contributed by atoms with E-state index in [0.29, 0.717) is 6.61 Å². The summed E-state index contributed by atoms with van der Waals surface area (Å²) in [6.45, 7) is 3.80. The minimum absolute atomic E-state index is 0.331. The van der Waals surface area contributed by atoms with Crippen LogP contribution in [0.25, 0.3) is 0 Å². The summed E-state index contributed by atoms with van der Waals surface area (Å²) in [4.78, 5) is 2.37. The fraction of sp³-hybridized carbons (Fsp3) is 1.00. The van der Waals surface area contributed by atoms with Crippen molar-refractivity contribution in [1.29, 1.82) is 0 Å². The lowest BCUT2D eigenvalue weighted by Gasteiger charge is -2.15. The molecule has 2 N–H and O–H groups in total. The lowest BCUT2D eigenvalue weighted by atomic mass is 10.2. The summed E-state index contributed by atoms with van der Waals surface area (Å²) < 4.78 is 0. The average molecular weight is 216 g/mol. The number of aliphatic hydroxyl groups excluding tert-OH is 1. The first kappa shape index (κ1) is 14.9. The number of hydrogen-bond donors (Lipinski definition) is 2. The quantitative estimate of drug-likeness (QED) is 0.513. The Labute approximate surface area is 94.9 Å². The Morgan fingerprint density at radius 2 is 1.53 bits per heavy atom. The average Bonchev–Trinajstić information content (AvgIpc) is 2.23. The van der Waals surface area contributed by atoms with Crippen molar-refractivity contribution in [3.63, 3.8) is 0 Å². The highest BCUT2D eigenvalue weighted by Crippen LogP contribution is 2.01. The van der Waals surface area contributed by atoms with E-state index in [-0.39, 0.29) is 0 Å². The SMILES string of the molecule is CNCCCCCCN(C)CCCCO. The van der Waals surface area contributed by atoms with E-state index in [9.17, 15) is 0 Å². The summed E-state index contributed by atoms with van der Waals surface area (Å²) in [5.74, 6) is 0. The van der Waals surface area contributed by atoms with Crippen LogP contribution in [0.1, 0.15) is 38.5 Å². The van der Waals surface area contributed by atoms with Crippen LogP contribution in [-0.2, 0) is 0 Å². The van der Waals surface area contributed by atoms with E-state index in [1.807, 2.05) is 7.05 Å². The topological polar surface area (TPSA) is 35.5 Å². The molecule has 0 saturated heterocycles. The number of nitrogens with one attached hydrogen (secondary N) is 1. The fourth-order valence-corrected chi connectivity index (χ4v) is 1.64. The summed E-state index contributed by atoms with van der Waals surface area (Å²) >= 11 is 0. The molecule has 0 aromatic carbocycles. The Bertz CT molecular complexity index is 120. The van der Waals surface area contributed by atoms with E-state index in [4.69, 9.17) is 5.11 Å². The van der Waals surface area contributed by atoms with E-state index in [2.05, 4.69) is 17.3 Å². The van der Waals surface area contributed by atoms with Crippen molar-refractivity contribution in [2.75, 3.05) is 40.3 Å².